The molecule has 0 bridgehead atoms. The van der Waals surface area contributed by atoms with Gasteiger partial charge >= 0.3 is 0 Å². The first-order chi connectivity index (χ1) is 3.38. The third-order valence-electron chi connectivity index (χ3n) is 1.28. The lowest BCUT2D eigenvalue weighted by atomic mass is 10.1. The molecule has 0 aromatic carbocycles. The molecule has 0 aliphatic heterocycles. The Hall–Kier alpha value is -0.235. The fourth-order valence-electron chi connectivity index (χ4n) is 0.612. The molecule has 1 fully saturated rings. The van der Waals surface area contributed by atoms with Crippen LogP contribution in [-0.2, 0) is 0 Å². The minimum Gasteiger partial charge on any atom is -0.396 e. The Morgan fingerprint density at radius 2 is 2.71 bits per heavy atom. The van der Waals surface area contributed by atoms with Crippen molar-refractivity contribution in [3.05, 3.63) is 11.5 Å². The SMILES string of the molecule is [B]C=C1CC1CO. The highest BCUT2D eigenvalue weighted by Crippen LogP contribution is 2.35. The predicted molar refractivity (Wildman–Crippen MR) is 29.0 cm³/mol. The van der Waals surface area contributed by atoms with Crippen LogP contribution < -0.4 is 0 Å². The summed E-state index contributed by atoms with van der Waals surface area (Å²) in [7, 11) is 5.13. The van der Waals surface area contributed by atoms with E-state index in [2.05, 4.69) is 0 Å². The van der Waals surface area contributed by atoms with Crippen molar-refractivity contribution >= 4 is 7.85 Å². The van der Waals surface area contributed by atoms with Crippen molar-refractivity contribution < 1.29 is 5.11 Å². The Balaban J connectivity index is 2.31. The van der Waals surface area contributed by atoms with Gasteiger partial charge in [-0.3, -0.25) is 0 Å². The summed E-state index contributed by atoms with van der Waals surface area (Å²) < 4.78 is 0. The normalized spacial score (nSPS) is 33.9. The molecule has 1 aliphatic rings. The molecule has 0 aromatic rings. The lowest BCUT2D eigenvalue weighted by molar-refractivity contribution is 0.281. The van der Waals surface area contributed by atoms with E-state index >= 15 is 0 Å². The summed E-state index contributed by atoms with van der Waals surface area (Å²) >= 11 is 0. The van der Waals surface area contributed by atoms with Crippen LogP contribution >= 0.6 is 0 Å². The van der Waals surface area contributed by atoms with Crippen LogP contribution in [0.1, 0.15) is 6.42 Å². The highest BCUT2D eigenvalue weighted by molar-refractivity contribution is 6.17. The zero-order chi connectivity index (χ0) is 5.28. The van der Waals surface area contributed by atoms with Crippen molar-refractivity contribution in [2.24, 2.45) is 5.92 Å². The van der Waals surface area contributed by atoms with Gasteiger partial charge in [0.05, 0.1) is 0 Å². The Bertz CT molecular complexity index is 98.3. The minimum absolute atomic E-state index is 0.267. The molecule has 1 saturated carbocycles. The molecule has 0 heterocycles. The van der Waals surface area contributed by atoms with Crippen molar-refractivity contribution in [1.29, 1.82) is 0 Å². The lowest BCUT2D eigenvalue weighted by Crippen LogP contribution is -1.80. The third-order valence-corrected chi connectivity index (χ3v) is 1.28. The van der Waals surface area contributed by atoms with Crippen LogP contribution in [0, 0.1) is 5.92 Å². The first-order valence-corrected chi connectivity index (χ1v) is 2.40. The molecule has 1 aliphatic carbocycles. The fourth-order valence-corrected chi connectivity index (χ4v) is 0.612. The molecular weight excluding hydrogens is 86.9 g/mol. The van der Waals surface area contributed by atoms with E-state index in [4.69, 9.17) is 13.0 Å². The summed E-state index contributed by atoms with van der Waals surface area (Å²) in [6, 6.07) is 0. The molecule has 1 atom stereocenters. The van der Waals surface area contributed by atoms with Crippen LogP contribution in [-0.4, -0.2) is 19.6 Å². The van der Waals surface area contributed by atoms with E-state index in [1.165, 1.54) is 5.57 Å². The third kappa shape index (κ3) is 0.857. The molecule has 0 aromatic heterocycles. The van der Waals surface area contributed by atoms with Gasteiger partial charge in [-0.25, -0.2) is 0 Å². The van der Waals surface area contributed by atoms with Gasteiger partial charge in [-0.1, -0.05) is 5.57 Å². The second-order valence-electron chi connectivity index (χ2n) is 1.83. The van der Waals surface area contributed by atoms with Crippen LogP contribution in [0.25, 0.3) is 0 Å². The summed E-state index contributed by atoms with van der Waals surface area (Å²) in [5.41, 5.74) is 1.20. The van der Waals surface area contributed by atoms with E-state index in [-0.39, 0.29) is 6.61 Å². The second-order valence-corrected chi connectivity index (χ2v) is 1.83. The first kappa shape index (κ1) is 4.91. The Kier molecular flexibility index (Phi) is 1.20. The molecule has 1 rings (SSSR count). The van der Waals surface area contributed by atoms with Crippen LogP contribution in [0.2, 0.25) is 0 Å². The molecule has 0 saturated heterocycles. The van der Waals surface area contributed by atoms with Gasteiger partial charge in [-0.05, 0) is 6.42 Å². The maximum atomic E-state index is 8.41. The number of hydrogen-bond donors (Lipinski definition) is 1. The number of aliphatic hydroxyl groups excluding tert-OH is 1. The molecule has 36 valence electrons. The number of rotatable bonds is 1. The molecule has 2 heteroatoms. The summed E-state index contributed by atoms with van der Waals surface area (Å²) in [5.74, 6) is 1.99. The van der Waals surface area contributed by atoms with Gasteiger partial charge in [0.1, 0.15) is 7.85 Å². The largest absolute Gasteiger partial charge is 0.396 e. The van der Waals surface area contributed by atoms with Gasteiger partial charge in [0, 0.05) is 12.5 Å². The standard InChI is InChI=1S/C5H7BO/c6-2-4-1-5(4)3-7/h2,5,7H,1,3H2. The van der Waals surface area contributed by atoms with E-state index in [0.717, 1.165) is 6.42 Å². The van der Waals surface area contributed by atoms with E-state index in [0.29, 0.717) is 5.92 Å². The molecule has 2 radical (unpaired) electrons. The number of hydrogen-bond acceptors (Lipinski definition) is 1. The lowest BCUT2D eigenvalue weighted by Gasteiger charge is -1.76. The van der Waals surface area contributed by atoms with Crippen molar-refractivity contribution in [1.82, 2.24) is 0 Å². The fraction of sp³-hybridized carbons (Fsp3) is 0.600. The maximum Gasteiger partial charge on any atom is 0.102 e. The monoisotopic (exact) mass is 94.1 g/mol. The molecular formula is C5H7BO. The van der Waals surface area contributed by atoms with Gasteiger partial charge in [0.25, 0.3) is 0 Å². The van der Waals surface area contributed by atoms with Crippen LogP contribution in [0.15, 0.2) is 11.5 Å². The molecule has 7 heavy (non-hydrogen) atoms. The van der Waals surface area contributed by atoms with Gasteiger partial charge in [0.15, 0.2) is 0 Å². The van der Waals surface area contributed by atoms with Gasteiger partial charge in [-0.15, -0.1) is 5.98 Å². The maximum absolute atomic E-state index is 8.41. The molecule has 1 nitrogen and oxygen atoms in total. The smallest absolute Gasteiger partial charge is 0.102 e. The van der Waals surface area contributed by atoms with Crippen LogP contribution in [0.4, 0.5) is 0 Å². The number of aliphatic hydroxyl groups is 1. The van der Waals surface area contributed by atoms with Crippen molar-refractivity contribution in [3.63, 3.8) is 0 Å². The average Bonchev–Trinajstić information content (AvgIpc) is 2.43. The summed E-state index contributed by atoms with van der Waals surface area (Å²) in [4.78, 5) is 0. The summed E-state index contributed by atoms with van der Waals surface area (Å²) in [6.45, 7) is 0.267. The van der Waals surface area contributed by atoms with Gasteiger partial charge < -0.3 is 5.11 Å². The molecule has 0 spiro atoms. The Morgan fingerprint density at radius 3 is 2.86 bits per heavy atom. The van der Waals surface area contributed by atoms with Crippen LogP contribution in [0.3, 0.4) is 0 Å². The minimum atomic E-state index is 0.267. The topological polar surface area (TPSA) is 20.2 Å². The first-order valence-electron chi connectivity index (χ1n) is 2.40. The quantitative estimate of drug-likeness (QED) is 0.455. The zero-order valence-corrected chi connectivity index (χ0v) is 4.09. The van der Waals surface area contributed by atoms with E-state index in [9.17, 15) is 0 Å². The van der Waals surface area contributed by atoms with Crippen molar-refractivity contribution in [2.75, 3.05) is 6.61 Å². The predicted octanol–water partition coefficient (Wildman–Crippen LogP) is 0.0510. The second kappa shape index (κ2) is 1.70. The van der Waals surface area contributed by atoms with E-state index < -0.39 is 0 Å². The van der Waals surface area contributed by atoms with Crippen molar-refractivity contribution in [3.8, 4) is 0 Å². The van der Waals surface area contributed by atoms with Gasteiger partial charge in [-0.2, -0.15) is 0 Å². The molecule has 0 amide bonds. The Labute approximate surface area is 44.4 Å². The highest BCUT2D eigenvalue weighted by Gasteiger charge is 2.26. The summed E-state index contributed by atoms with van der Waals surface area (Å²) in [5, 5.41) is 8.41. The Morgan fingerprint density at radius 1 is 2.00 bits per heavy atom. The molecule has 1 N–H and O–H groups in total. The van der Waals surface area contributed by atoms with Crippen molar-refractivity contribution in [2.45, 2.75) is 6.42 Å². The average molecular weight is 93.9 g/mol. The molecule has 1 unspecified atom stereocenters. The van der Waals surface area contributed by atoms with E-state index in [1.807, 2.05) is 0 Å². The highest BCUT2D eigenvalue weighted by atomic mass is 16.3. The zero-order valence-electron chi connectivity index (χ0n) is 4.09. The van der Waals surface area contributed by atoms with Gasteiger partial charge in [0.2, 0.25) is 0 Å². The summed E-state index contributed by atoms with van der Waals surface area (Å²) in [6.07, 6.45) is 1.01. The van der Waals surface area contributed by atoms with Crippen LogP contribution in [0.5, 0.6) is 0 Å². The van der Waals surface area contributed by atoms with E-state index in [1.54, 1.807) is 5.98 Å².